The minimum Gasteiger partial charge on any atom is -0.308 e. The molecule has 4 heteroatoms. The topological polar surface area (TPSA) is 21.1 Å². The van der Waals surface area contributed by atoms with Gasteiger partial charge in [0.2, 0.25) is 0 Å². The highest BCUT2D eigenvalue weighted by Gasteiger charge is 2.25. The van der Waals surface area contributed by atoms with Crippen LogP contribution in [0.4, 0.5) is 17.1 Å². The maximum absolute atomic E-state index is 5.44. The van der Waals surface area contributed by atoms with E-state index in [9.17, 15) is 0 Å². The predicted octanol–water partition coefficient (Wildman–Crippen LogP) is 14.3. The SMILES string of the molecule is C1=CC(c2cc(-c3ccccc3)nc(-n3c4cc(-c5ccc6c(c5)Sc5ccccc5N6c5ccccc5)ccc4c4c5ccccc5ccc43)c2)=CCC1. The summed E-state index contributed by atoms with van der Waals surface area (Å²) in [4.78, 5) is 10.3. The van der Waals surface area contributed by atoms with Crippen molar-refractivity contribution in [2.45, 2.75) is 22.6 Å². The molecule has 0 amide bonds. The highest BCUT2D eigenvalue weighted by Crippen LogP contribution is 2.52. The number of fused-ring (bicyclic) bond motifs is 7. The first kappa shape index (κ1) is 31.9. The van der Waals surface area contributed by atoms with Crippen molar-refractivity contribution in [3.05, 3.63) is 194 Å². The van der Waals surface area contributed by atoms with Gasteiger partial charge in [-0.2, -0.15) is 0 Å². The summed E-state index contributed by atoms with van der Waals surface area (Å²) in [6.07, 6.45) is 9.03. The summed E-state index contributed by atoms with van der Waals surface area (Å²) in [5.74, 6) is 0.916. The van der Waals surface area contributed by atoms with Gasteiger partial charge in [0.25, 0.3) is 0 Å². The van der Waals surface area contributed by atoms with Crippen LogP contribution in [0.1, 0.15) is 18.4 Å². The summed E-state index contributed by atoms with van der Waals surface area (Å²) >= 11 is 1.85. The lowest BCUT2D eigenvalue weighted by Crippen LogP contribution is -2.14. The number of allylic oxidation sites excluding steroid dienone is 4. The van der Waals surface area contributed by atoms with Gasteiger partial charge in [0.15, 0.2) is 0 Å². The molecule has 2 aromatic heterocycles. The fourth-order valence-corrected chi connectivity index (χ4v) is 9.48. The zero-order valence-corrected chi connectivity index (χ0v) is 30.9. The fourth-order valence-electron chi connectivity index (χ4n) is 8.39. The van der Waals surface area contributed by atoms with Crippen molar-refractivity contribution in [3.63, 3.8) is 0 Å². The lowest BCUT2D eigenvalue weighted by molar-refractivity contribution is 1.04. The van der Waals surface area contributed by atoms with E-state index in [1.807, 2.05) is 11.8 Å². The van der Waals surface area contributed by atoms with E-state index < -0.39 is 0 Å². The number of para-hydroxylation sites is 2. The number of benzene rings is 7. The van der Waals surface area contributed by atoms with E-state index in [1.54, 1.807) is 0 Å². The molecule has 2 aliphatic rings. The molecule has 1 aliphatic carbocycles. The Labute approximate surface area is 324 Å². The first-order valence-corrected chi connectivity index (χ1v) is 19.8. The molecule has 0 saturated carbocycles. The van der Waals surface area contributed by atoms with Gasteiger partial charge < -0.3 is 4.90 Å². The summed E-state index contributed by atoms with van der Waals surface area (Å²) in [7, 11) is 0. The minimum atomic E-state index is 0.916. The lowest BCUT2D eigenvalue weighted by Gasteiger charge is -2.33. The summed E-state index contributed by atoms with van der Waals surface area (Å²) in [6.45, 7) is 0. The van der Waals surface area contributed by atoms with Crippen LogP contribution in [0.5, 0.6) is 0 Å². The molecule has 11 rings (SSSR count). The number of anilines is 3. The third-order valence-corrected chi connectivity index (χ3v) is 12.1. The molecule has 55 heavy (non-hydrogen) atoms. The average Bonchev–Trinajstić information content (AvgIpc) is 3.60. The quantitative estimate of drug-likeness (QED) is 0.177. The molecule has 7 aromatic carbocycles. The zero-order valence-electron chi connectivity index (χ0n) is 30.1. The van der Waals surface area contributed by atoms with Gasteiger partial charge >= 0.3 is 0 Å². The van der Waals surface area contributed by atoms with Gasteiger partial charge in [-0.05, 0) is 107 Å². The van der Waals surface area contributed by atoms with Gasteiger partial charge in [-0.3, -0.25) is 4.57 Å². The van der Waals surface area contributed by atoms with Gasteiger partial charge in [-0.15, -0.1) is 0 Å². The zero-order chi connectivity index (χ0) is 36.3. The lowest BCUT2D eigenvalue weighted by atomic mass is 9.98. The molecule has 0 saturated heterocycles. The first-order chi connectivity index (χ1) is 27.3. The number of aromatic nitrogens is 2. The van der Waals surface area contributed by atoms with Crippen LogP contribution in [-0.2, 0) is 0 Å². The van der Waals surface area contributed by atoms with Crippen molar-refractivity contribution in [2.24, 2.45) is 0 Å². The Kier molecular flexibility index (Phi) is 7.56. The van der Waals surface area contributed by atoms with Crippen molar-refractivity contribution in [1.29, 1.82) is 0 Å². The Hall–Kier alpha value is -6.62. The molecular weight excluding hydrogens is 687 g/mol. The maximum atomic E-state index is 5.44. The highest BCUT2D eigenvalue weighted by atomic mass is 32.2. The Morgan fingerprint density at radius 1 is 0.509 bits per heavy atom. The summed E-state index contributed by atoms with van der Waals surface area (Å²) < 4.78 is 2.39. The monoisotopic (exact) mass is 721 g/mol. The van der Waals surface area contributed by atoms with Crippen molar-refractivity contribution in [3.8, 4) is 28.2 Å². The minimum absolute atomic E-state index is 0.916. The van der Waals surface area contributed by atoms with Crippen LogP contribution in [0.3, 0.4) is 0 Å². The highest BCUT2D eigenvalue weighted by molar-refractivity contribution is 7.99. The Balaban J connectivity index is 1.14. The number of hydrogen-bond donors (Lipinski definition) is 0. The van der Waals surface area contributed by atoms with Crippen LogP contribution in [-0.4, -0.2) is 9.55 Å². The van der Waals surface area contributed by atoms with E-state index >= 15 is 0 Å². The molecule has 0 bridgehead atoms. The van der Waals surface area contributed by atoms with Crippen molar-refractivity contribution in [1.82, 2.24) is 9.55 Å². The van der Waals surface area contributed by atoms with Crippen LogP contribution in [0.2, 0.25) is 0 Å². The van der Waals surface area contributed by atoms with E-state index in [-0.39, 0.29) is 0 Å². The number of nitrogens with zero attached hydrogens (tertiary/aromatic N) is 3. The third-order valence-electron chi connectivity index (χ3n) is 11.0. The molecule has 1 aliphatic heterocycles. The van der Waals surface area contributed by atoms with Crippen molar-refractivity contribution in [2.75, 3.05) is 4.90 Å². The van der Waals surface area contributed by atoms with Gasteiger partial charge in [-0.25, -0.2) is 4.98 Å². The van der Waals surface area contributed by atoms with E-state index in [0.29, 0.717) is 0 Å². The molecule has 0 spiro atoms. The van der Waals surface area contributed by atoms with E-state index in [2.05, 4.69) is 198 Å². The molecule has 0 atom stereocenters. The largest absolute Gasteiger partial charge is 0.308 e. The van der Waals surface area contributed by atoms with E-state index in [1.165, 1.54) is 65.0 Å². The van der Waals surface area contributed by atoms with Crippen molar-refractivity contribution < 1.29 is 0 Å². The van der Waals surface area contributed by atoms with Crippen molar-refractivity contribution >= 4 is 67.0 Å². The molecule has 3 heterocycles. The van der Waals surface area contributed by atoms with Crippen LogP contribution < -0.4 is 4.90 Å². The predicted molar refractivity (Wildman–Crippen MR) is 232 cm³/mol. The molecule has 0 N–H and O–H groups in total. The number of pyridine rings is 1. The summed E-state index contributed by atoms with van der Waals surface area (Å²) in [6, 6.07) is 61.7. The normalized spacial score (nSPS) is 13.6. The van der Waals surface area contributed by atoms with Gasteiger partial charge in [0.1, 0.15) is 5.82 Å². The first-order valence-electron chi connectivity index (χ1n) is 18.9. The Bertz CT molecular complexity index is 3010. The maximum Gasteiger partial charge on any atom is 0.138 e. The van der Waals surface area contributed by atoms with Gasteiger partial charge in [-0.1, -0.05) is 139 Å². The average molecular weight is 722 g/mol. The summed E-state index contributed by atoms with van der Waals surface area (Å²) in [5, 5.41) is 4.95. The Morgan fingerprint density at radius 2 is 1.27 bits per heavy atom. The number of hydrogen-bond acceptors (Lipinski definition) is 3. The molecule has 0 unspecified atom stereocenters. The second-order valence-corrected chi connectivity index (χ2v) is 15.4. The Morgan fingerprint density at radius 3 is 2.15 bits per heavy atom. The molecule has 0 radical (unpaired) electrons. The van der Waals surface area contributed by atoms with Crippen LogP contribution >= 0.6 is 11.8 Å². The van der Waals surface area contributed by atoms with Crippen LogP contribution in [0.15, 0.2) is 198 Å². The summed E-state index contributed by atoms with van der Waals surface area (Å²) in [5.41, 5.74) is 12.7. The molecule has 260 valence electrons. The van der Waals surface area contributed by atoms with E-state index in [4.69, 9.17) is 4.98 Å². The second-order valence-electron chi connectivity index (χ2n) is 14.3. The van der Waals surface area contributed by atoms with Crippen LogP contribution in [0.25, 0.3) is 66.4 Å². The van der Waals surface area contributed by atoms with Gasteiger partial charge in [0.05, 0.1) is 28.1 Å². The fraction of sp³-hybridized carbons (Fsp3) is 0.0392. The molecular formula is C51H35N3S. The second kappa shape index (κ2) is 13.0. The number of rotatable bonds is 5. The smallest absolute Gasteiger partial charge is 0.138 e. The molecule has 0 fully saturated rings. The third kappa shape index (κ3) is 5.40. The molecule has 3 nitrogen and oxygen atoms in total. The van der Waals surface area contributed by atoms with Gasteiger partial charge in [0, 0.05) is 31.8 Å². The van der Waals surface area contributed by atoms with E-state index in [0.717, 1.165) is 46.6 Å². The standard InChI is InChI=1S/C51H35N3S/c1-4-14-34(15-5-1)39-30-43(36-17-6-2-7-18-36)52-50(33-39)54-46-29-25-35-16-10-11-21-41(35)51(46)42-27-24-37(31-47(42)54)38-26-28-45-49(32-38)55-48-23-13-12-22-44(48)53(45)40-19-8-3-9-20-40/h2-4,6-33H,1,5H2. The van der Waals surface area contributed by atoms with Crippen LogP contribution in [0, 0.1) is 0 Å². The molecule has 9 aromatic rings.